The van der Waals surface area contributed by atoms with Gasteiger partial charge in [0.25, 0.3) is 5.91 Å². The van der Waals surface area contributed by atoms with Crippen LogP contribution in [0.4, 0.5) is 16.2 Å². The molecular weight excluding hydrogens is 444 g/mol. The summed E-state index contributed by atoms with van der Waals surface area (Å²) in [5.74, 6) is -0.367. The quantitative estimate of drug-likeness (QED) is 0.429. The monoisotopic (exact) mass is 474 g/mol. The first-order valence-corrected chi connectivity index (χ1v) is 11.3. The average molecular weight is 475 g/mol. The molecule has 2 aromatic carbocycles. The lowest BCUT2D eigenvalue weighted by Crippen LogP contribution is -2.27. The van der Waals surface area contributed by atoms with E-state index in [2.05, 4.69) is 20.9 Å². The molecule has 0 fully saturated rings. The fourth-order valence-corrected chi connectivity index (χ4v) is 3.18. The van der Waals surface area contributed by atoms with Gasteiger partial charge in [0, 0.05) is 30.9 Å². The van der Waals surface area contributed by atoms with E-state index >= 15 is 0 Å². The minimum atomic E-state index is -0.635. The van der Waals surface area contributed by atoms with Gasteiger partial charge in [0.15, 0.2) is 0 Å². The molecule has 0 saturated heterocycles. The van der Waals surface area contributed by atoms with Crippen LogP contribution in [0.1, 0.15) is 48.7 Å². The van der Waals surface area contributed by atoms with Gasteiger partial charge in [0.2, 0.25) is 5.91 Å². The third-order valence-electron chi connectivity index (χ3n) is 4.88. The molecule has 0 aliphatic rings. The number of para-hydroxylation sites is 2. The van der Waals surface area contributed by atoms with Crippen LogP contribution in [0.5, 0.6) is 0 Å². The van der Waals surface area contributed by atoms with Crippen LogP contribution in [0, 0.1) is 0 Å². The van der Waals surface area contributed by atoms with Crippen molar-refractivity contribution < 1.29 is 19.1 Å². The molecule has 0 radical (unpaired) electrons. The Morgan fingerprint density at radius 1 is 0.857 bits per heavy atom. The van der Waals surface area contributed by atoms with E-state index in [0.717, 1.165) is 11.1 Å². The van der Waals surface area contributed by atoms with Crippen molar-refractivity contribution in [3.8, 4) is 0 Å². The molecule has 3 aromatic rings. The summed E-state index contributed by atoms with van der Waals surface area (Å²) in [6, 6.07) is 17.7. The number of nitrogens with zero attached hydrogens (tertiary/aromatic N) is 1. The molecule has 0 aliphatic carbocycles. The van der Waals surface area contributed by atoms with Crippen molar-refractivity contribution in [3.63, 3.8) is 0 Å². The molecule has 3 rings (SSSR count). The van der Waals surface area contributed by atoms with E-state index in [9.17, 15) is 14.4 Å². The van der Waals surface area contributed by atoms with E-state index in [0.29, 0.717) is 36.3 Å². The molecule has 1 heterocycles. The largest absolute Gasteiger partial charge is 0.444 e. The van der Waals surface area contributed by atoms with Gasteiger partial charge in [0.05, 0.1) is 11.4 Å². The SMILES string of the molecule is CC(C)(C)OC(=O)Nc1ccccc1NC(=O)c1ccc(CCC(=O)NCc2cccnc2)cc1. The van der Waals surface area contributed by atoms with Gasteiger partial charge < -0.3 is 15.4 Å². The number of nitrogens with one attached hydrogen (secondary N) is 3. The molecule has 3 N–H and O–H groups in total. The van der Waals surface area contributed by atoms with E-state index in [1.807, 2.05) is 24.3 Å². The first kappa shape index (κ1) is 25.4. The molecule has 0 saturated carbocycles. The Kier molecular flexibility index (Phi) is 8.56. The van der Waals surface area contributed by atoms with E-state index in [4.69, 9.17) is 4.74 Å². The smallest absolute Gasteiger partial charge is 0.412 e. The molecule has 3 amide bonds. The Balaban J connectivity index is 1.52. The molecule has 8 nitrogen and oxygen atoms in total. The normalized spacial score (nSPS) is 10.8. The maximum atomic E-state index is 12.8. The van der Waals surface area contributed by atoms with Crippen LogP contribution in [0.25, 0.3) is 0 Å². The maximum Gasteiger partial charge on any atom is 0.412 e. The molecule has 182 valence electrons. The second-order valence-electron chi connectivity index (χ2n) is 8.96. The minimum absolute atomic E-state index is 0.0511. The number of carbonyl (C=O) groups excluding carboxylic acids is 3. The maximum absolute atomic E-state index is 12.8. The number of pyridine rings is 1. The van der Waals surface area contributed by atoms with Crippen molar-refractivity contribution in [1.82, 2.24) is 10.3 Å². The highest BCUT2D eigenvalue weighted by Gasteiger charge is 2.18. The zero-order chi connectivity index (χ0) is 25.3. The Morgan fingerprint density at radius 3 is 2.17 bits per heavy atom. The second kappa shape index (κ2) is 11.8. The van der Waals surface area contributed by atoms with Crippen LogP contribution >= 0.6 is 0 Å². The second-order valence-corrected chi connectivity index (χ2v) is 8.96. The summed E-state index contributed by atoms with van der Waals surface area (Å²) in [5, 5.41) is 8.36. The van der Waals surface area contributed by atoms with Crippen molar-refractivity contribution in [2.24, 2.45) is 0 Å². The van der Waals surface area contributed by atoms with Gasteiger partial charge in [0.1, 0.15) is 5.60 Å². The summed E-state index contributed by atoms with van der Waals surface area (Å²) in [7, 11) is 0. The molecule has 0 bridgehead atoms. The molecule has 0 atom stereocenters. The van der Waals surface area contributed by atoms with Crippen LogP contribution in [-0.4, -0.2) is 28.5 Å². The highest BCUT2D eigenvalue weighted by Crippen LogP contribution is 2.23. The van der Waals surface area contributed by atoms with Crippen molar-refractivity contribution in [2.75, 3.05) is 10.6 Å². The highest BCUT2D eigenvalue weighted by atomic mass is 16.6. The predicted octanol–water partition coefficient (Wildman–Crippen LogP) is 4.93. The topological polar surface area (TPSA) is 109 Å². The van der Waals surface area contributed by atoms with Crippen LogP contribution in [0.15, 0.2) is 73.1 Å². The number of benzene rings is 2. The van der Waals surface area contributed by atoms with Crippen LogP contribution in [-0.2, 0) is 22.5 Å². The zero-order valence-electron chi connectivity index (χ0n) is 20.1. The Labute approximate surface area is 205 Å². The van der Waals surface area contributed by atoms with Gasteiger partial charge in [-0.15, -0.1) is 0 Å². The lowest BCUT2D eigenvalue weighted by molar-refractivity contribution is -0.121. The van der Waals surface area contributed by atoms with Crippen LogP contribution < -0.4 is 16.0 Å². The minimum Gasteiger partial charge on any atom is -0.444 e. The molecule has 8 heteroatoms. The molecular formula is C27H30N4O4. The standard InChI is InChI=1S/C27H30N4O4/c1-27(2,3)35-26(34)31-23-9-5-4-8-22(23)30-25(33)21-13-10-19(11-14-21)12-15-24(32)29-18-20-7-6-16-28-17-20/h4-11,13-14,16-17H,12,15,18H2,1-3H3,(H,29,32)(H,30,33)(H,31,34). The van der Waals surface area contributed by atoms with E-state index < -0.39 is 11.7 Å². The number of ether oxygens (including phenoxy) is 1. The van der Waals surface area contributed by atoms with Gasteiger partial charge in [-0.3, -0.25) is 19.9 Å². The number of amides is 3. The number of carbonyl (C=O) groups is 3. The number of aromatic nitrogens is 1. The molecule has 0 unspecified atom stereocenters. The van der Waals surface area contributed by atoms with Crippen molar-refractivity contribution >= 4 is 29.3 Å². The molecule has 1 aromatic heterocycles. The summed E-state index contributed by atoms with van der Waals surface area (Å²) in [4.78, 5) is 41.0. The summed E-state index contributed by atoms with van der Waals surface area (Å²) in [6.45, 7) is 5.77. The van der Waals surface area contributed by atoms with Gasteiger partial charge in [-0.2, -0.15) is 0 Å². The molecule has 0 aliphatic heterocycles. The number of anilines is 2. The van der Waals surface area contributed by atoms with E-state index in [-0.39, 0.29) is 11.8 Å². The van der Waals surface area contributed by atoms with Crippen molar-refractivity contribution in [1.29, 1.82) is 0 Å². The lowest BCUT2D eigenvalue weighted by atomic mass is 10.1. The summed E-state index contributed by atoms with van der Waals surface area (Å²) in [5.41, 5.74) is 2.61. The van der Waals surface area contributed by atoms with Gasteiger partial charge >= 0.3 is 6.09 Å². The van der Waals surface area contributed by atoms with Gasteiger partial charge in [-0.1, -0.05) is 30.3 Å². The fourth-order valence-electron chi connectivity index (χ4n) is 3.18. The summed E-state index contributed by atoms with van der Waals surface area (Å²) in [6.07, 6.45) is 3.71. The third-order valence-corrected chi connectivity index (χ3v) is 4.88. The zero-order valence-corrected chi connectivity index (χ0v) is 20.1. The fraction of sp³-hybridized carbons (Fsp3) is 0.259. The van der Waals surface area contributed by atoms with Crippen molar-refractivity contribution in [2.45, 2.75) is 45.8 Å². The third kappa shape index (κ3) is 8.58. The highest BCUT2D eigenvalue weighted by molar-refractivity contribution is 6.06. The number of hydrogen-bond acceptors (Lipinski definition) is 5. The lowest BCUT2D eigenvalue weighted by Gasteiger charge is -2.20. The average Bonchev–Trinajstić information content (AvgIpc) is 2.82. The van der Waals surface area contributed by atoms with E-state index in [1.54, 1.807) is 69.6 Å². The van der Waals surface area contributed by atoms with Gasteiger partial charge in [-0.05, 0) is 68.7 Å². The molecule has 0 spiro atoms. The van der Waals surface area contributed by atoms with Crippen molar-refractivity contribution in [3.05, 3.63) is 89.7 Å². The summed E-state index contributed by atoms with van der Waals surface area (Å²) < 4.78 is 5.28. The van der Waals surface area contributed by atoms with Crippen LogP contribution in [0.3, 0.4) is 0 Å². The summed E-state index contributed by atoms with van der Waals surface area (Å²) >= 11 is 0. The number of aryl methyl sites for hydroxylation is 1. The Bertz CT molecular complexity index is 1160. The van der Waals surface area contributed by atoms with Gasteiger partial charge in [-0.25, -0.2) is 4.79 Å². The predicted molar refractivity (Wildman–Crippen MR) is 135 cm³/mol. The Morgan fingerprint density at radius 2 is 1.54 bits per heavy atom. The van der Waals surface area contributed by atoms with E-state index in [1.165, 1.54) is 0 Å². The number of hydrogen-bond donors (Lipinski definition) is 3. The Hall–Kier alpha value is -4.20. The first-order chi connectivity index (χ1) is 16.7. The van der Waals surface area contributed by atoms with Crippen LogP contribution in [0.2, 0.25) is 0 Å². The number of rotatable bonds is 8. The first-order valence-electron chi connectivity index (χ1n) is 11.3. The molecule has 35 heavy (non-hydrogen) atoms.